The second kappa shape index (κ2) is 7.86. The number of aliphatic imine (C=N–C) groups is 1. The number of piperidine rings is 1. The third kappa shape index (κ3) is 3.73. The van der Waals surface area contributed by atoms with Crippen LogP contribution >= 0.6 is 0 Å². The van der Waals surface area contributed by atoms with Gasteiger partial charge in [-0.05, 0) is 44.2 Å². The van der Waals surface area contributed by atoms with Crippen LogP contribution in [0.25, 0.3) is 10.9 Å². The number of H-pyrrole nitrogens is 1. The predicted octanol–water partition coefficient (Wildman–Crippen LogP) is 2.59. The molecular weight excluding hydrogens is 350 g/mol. The first kappa shape index (κ1) is 18.8. The van der Waals surface area contributed by atoms with Crippen LogP contribution < -0.4 is 10.6 Å². The number of aromatic amines is 1. The topological polar surface area (TPSA) is 72.5 Å². The monoisotopic (exact) mass is 381 g/mol. The molecule has 2 aromatic rings. The molecule has 1 aromatic heterocycles. The number of benzene rings is 1. The summed E-state index contributed by atoms with van der Waals surface area (Å²) in [5, 5.41) is 7.78. The van der Waals surface area contributed by atoms with Gasteiger partial charge in [-0.3, -0.25) is 9.79 Å². The van der Waals surface area contributed by atoms with Crippen LogP contribution in [0.3, 0.4) is 0 Å². The van der Waals surface area contributed by atoms with E-state index in [1.807, 2.05) is 0 Å². The fourth-order valence-corrected chi connectivity index (χ4v) is 4.71. The van der Waals surface area contributed by atoms with Crippen LogP contribution in [0.15, 0.2) is 29.4 Å². The van der Waals surface area contributed by atoms with Crippen molar-refractivity contribution in [2.24, 2.45) is 10.4 Å². The number of hydrogen-bond donors (Lipinski definition) is 3. The molecular formula is C22H31N5O. The highest BCUT2D eigenvalue weighted by atomic mass is 16.1. The first-order valence-corrected chi connectivity index (χ1v) is 10.5. The van der Waals surface area contributed by atoms with E-state index in [2.05, 4.69) is 58.8 Å². The van der Waals surface area contributed by atoms with Gasteiger partial charge in [-0.1, -0.05) is 18.2 Å². The Balaban J connectivity index is 1.45. The van der Waals surface area contributed by atoms with Crippen LogP contribution in [0, 0.1) is 12.3 Å². The second-order valence-corrected chi connectivity index (χ2v) is 8.28. The maximum absolute atomic E-state index is 11.8. The first-order valence-electron chi connectivity index (χ1n) is 10.5. The molecule has 1 aromatic carbocycles. The number of hydrogen-bond acceptors (Lipinski definition) is 2. The van der Waals surface area contributed by atoms with E-state index in [0.717, 1.165) is 57.9 Å². The van der Waals surface area contributed by atoms with Gasteiger partial charge in [0.05, 0.1) is 0 Å². The van der Waals surface area contributed by atoms with E-state index in [1.54, 1.807) is 0 Å². The van der Waals surface area contributed by atoms with Crippen molar-refractivity contribution in [1.82, 2.24) is 20.5 Å². The van der Waals surface area contributed by atoms with E-state index in [0.29, 0.717) is 6.42 Å². The lowest BCUT2D eigenvalue weighted by atomic mass is 9.79. The summed E-state index contributed by atoms with van der Waals surface area (Å²) in [5.74, 6) is 1.18. The van der Waals surface area contributed by atoms with Gasteiger partial charge in [0.15, 0.2) is 5.96 Å². The Kier molecular flexibility index (Phi) is 5.29. The number of aryl methyl sites for hydroxylation is 1. The lowest BCUT2D eigenvalue weighted by molar-refractivity contribution is -0.119. The molecule has 3 N–H and O–H groups in total. The summed E-state index contributed by atoms with van der Waals surface area (Å²) in [4.78, 5) is 22.5. The molecule has 1 amide bonds. The molecule has 3 heterocycles. The van der Waals surface area contributed by atoms with Crippen LogP contribution in [0.1, 0.15) is 37.3 Å². The van der Waals surface area contributed by atoms with Gasteiger partial charge < -0.3 is 20.5 Å². The second-order valence-electron chi connectivity index (χ2n) is 8.28. The average molecular weight is 382 g/mol. The normalized spacial score (nSPS) is 22.9. The Labute approximate surface area is 166 Å². The summed E-state index contributed by atoms with van der Waals surface area (Å²) in [6.45, 7) is 8.57. The van der Waals surface area contributed by atoms with Crippen molar-refractivity contribution in [1.29, 1.82) is 0 Å². The molecule has 2 saturated heterocycles. The van der Waals surface area contributed by atoms with Crippen molar-refractivity contribution in [3.63, 3.8) is 0 Å². The highest BCUT2D eigenvalue weighted by molar-refractivity contribution is 5.86. The van der Waals surface area contributed by atoms with Gasteiger partial charge in [-0.15, -0.1) is 0 Å². The van der Waals surface area contributed by atoms with E-state index >= 15 is 0 Å². The molecule has 2 fully saturated rings. The summed E-state index contributed by atoms with van der Waals surface area (Å²) in [7, 11) is 0. The predicted molar refractivity (Wildman–Crippen MR) is 114 cm³/mol. The zero-order chi connectivity index (χ0) is 19.6. The molecule has 0 saturated carbocycles. The van der Waals surface area contributed by atoms with Crippen molar-refractivity contribution in [2.45, 2.75) is 39.5 Å². The van der Waals surface area contributed by atoms with Gasteiger partial charge in [-0.2, -0.15) is 0 Å². The maximum Gasteiger partial charge on any atom is 0.220 e. The lowest BCUT2D eigenvalue weighted by Gasteiger charge is -2.40. The third-order valence-corrected chi connectivity index (χ3v) is 6.14. The zero-order valence-electron chi connectivity index (χ0n) is 17.0. The van der Waals surface area contributed by atoms with Crippen molar-refractivity contribution < 1.29 is 4.79 Å². The molecule has 1 atom stereocenters. The molecule has 150 valence electrons. The molecule has 1 spiro atoms. The summed E-state index contributed by atoms with van der Waals surface area (Å²) in [5.41, 5.74) is 3.91. The smallest absolute Gasteiger partial charge is 0.220 e. The Morgan fingerprint density at radius 2 is 2.29 bits per heavy atom. The largest absolute Gasteiger partial charge is 0.361 e. The molecule has 2 aliphatic rings. The van der Waals surface area contributed by atoms with Gasteiger partial charge in [0, 0.05) is 61.7 Å². The standard InChI is InChI=1S/C22H31N5O/c1-3-23-21(27-11-5-9-22(15-27)12-19(28)26-14-22)24-10-8-17-13-25-20-16(2)6-4-7-18(17)20/h4,6-7,13,25H,3,5,8-12,14-15H2,1-2H3,(H,23,24)(H,26,28). The average Bonchev–Trinajstić information content (AvgIpc) is 3.26. The number of likely N-dealkylation sites (tertiary alicyclic amines) is 1. The molecule has 1 unspecified atom stereocenters. The van der Waals surface area contributed by atoms with Crippen molar-refractivity contribution in [3.8, 4) is 0 Å². The molecule has 2 aliphatic heterocycles. The number of para-hydroxylation sites is 1. The van der Waals surface area contributed by atoms with Crippen molar-refractivity contribution in [2.75, 3.05) is 32.7 Å². The summed E-state index contributed by atoms with van der Waals surface area (Å²) in [6.07, 6.45) is 5.91. The third-order valence-electron chi connectivity index (χ3n) is 6.14. The molecule has 6 heteroatoms. The van der Waals surface area contributed by atoms with E-state index in [9.17, 15) is 4.79 Å². The minimum absolute atomic E-state index is 0.0832. The summed E-state index contributed by atoms with van der Waals surface area (Å²) >= 11 is 0. The Hall–Kier alpha value is -2.50. The van der Waals surface area contributed by atoms with Crippen LogP contribution in [0.2, 0.25) is 0 Å². The highest BCUT2D eigenvalue weighted by Gasteiger charge is 2.42. The van der Waals surface area contributed by atoms with E-state index in [-0.39, 0.29) is 11.3 Å². The number of fused-ring (bicyclic) bond motifs is 1. The first-order chi connectivity index (χ1) is 13.6. The minimum atomic E-state index is 0.0832. The molecule has 0 aliphatic carbocycles. The Morgan fingerprint density at radius 3 is 3.07 bits per heavy atom. The number of amides is 1. The molecule has 28 heavy (non-hydrogen) atoms. The van der Waals surface area contributed by atoms with Gasteiger partial charge in [0.1, 0.15) is 0 Å². The van der Waals surface area contributed by atoms with Gasteiger partial charge in [0.2, 0.25) is 5.91 Å². The lowest BCUT2D eigenvalue weighted by Crippen LogP contribution is -2.51. The van der Waals surface area contributed by atoms with Gasteiger partial charge in [-0.25, -0.2) is 0 Å². The number of guanidine groups is 1. The zero-order valence-corrected chi connectivity index (χ0v) is 17.0. The summed E-state index contributed by atoms with van der Waals surface area (Å²) in [6, 6.07) is 6.44. The fraction of sp³-hybridized carbons (Fsp3) is 0.545. The molecule has 4 rings (SSSR count). The highest BCUT2D eigenvalue weighted by Crippen LogP contribution is 2.36. The fourth-order valence-electron chi connectivity index (χ4n) is 4.71. The number of rotatable bonds is 4. The number of carbonyl (C=O) groups excluding carboxylic acids is 1. The number of nitrogens with one attached hydrogen (secondary N) is 3. The van der Waals surface area contributed by atoms with Crippen LogP contribution in [-0.2, 0) is 11.2 Å². The van der Waals surface area contributed by atoms with E-state index in [1.165, 1.54) is 22.0 Å². The van der Waals surface area contributed by atoms with E-state index in [4.69, 9.17) is 4.99 Å². The SMILES string of the molecule is CCNC(=NCCc1c[nH]c2c(C)cccc12)N1CCCC2(CNC(=O)C2)C1. The minimum Gasteiger partial charge on any atom is -0.361 e. The number of nitrogens with zero attached hydrogens (tertiary/aromatic N) is 2. The van der Waals surface area contributed by atoms with Crippen molar-refractivity contribution in [3.05, 3.63) is 35.5 Å². The van der Waals surface area contributed by atoms with Gasteiger partial charge >= 0.3 is 0 Å². The molecule has 0 radical (unpaired) electrons. The van der Waals surface area contributed by atoms with Crippen LogP contribution in [0.4, 0.5) is 0 Å². The molecule has 0 bridgehead atoms. The number of aromatic nitrogens is 1. The molecule has 6 nitrogen and oxygen atoms in total. The quantitative estimate of drug-likeness (QED) is 0.563. The van der Waals surface area contributed by atoms with Crippen molar-refractivity contribution >= 4 is 22.8 Å². The Bertz CT molecular complexity index is 886. The van der Waals surface area contributed by atoms with Crippen LogP contribution in [-0.4, -0.2) is 54.5 Å². The number of carbonyl (C=O) groups is 1. The Morgan fingerprint density at radius 1 is 1.39 bits per heavy atom. The van der Waals surface area contributed by atoms with Crippen LogP contribution in [0.5, 0.6) is 0 Å². The van der Waals surface area contributed by atoms with Gasteiger partial charge in [0.25, 0.3) is 0 Å². The van der Waals surface area contributed by atoms with E-state index < -0.39 is 0 Å². The summed E-state index contributed by atoms with van der Waals surface area (Å²) < 4.78 is 0. The maximum atomic E-state index is 11.8.